The van der Waals surface area contributed by atoms with Gasteiger partial charge in [-0.1, -0.05) is 18.2 Å². The van der Waals surface area contributed by atoms with Gasteiger partial charge in [0.2, 0.25) is 5.91 Å². The Morgan fingerprint density at radius 1 is 1.29 bits per heavy atom. The predicted molar refractivity (Wildman–Crippen MR) is 90.1 cm³/mol. The van der Waals surface area contributed by atoms with E-state index in [4.69, 9.17) is 4.74 Å². The standard InChI is InChI=1S/C18H26FN3O2/c1-15(23)20-13-18(6-11-24-14-18)22-9-7-21(8-10-22)12-16-4-2-3-5-17(16)19/h2-5H,6-14H2,1H3,(H,20,23). The molecule has 2 fully saturated rings. The molecule has 0 spiro atoms. The van der Waals surface area contributed by atoms with Crippen molar-refractivity contribution in [3.63, 3.8) is 0 Å². The van der Waals surface area contributed by atoms with Crippen molar-refractivity contribution in [2.45, 2.75) is 25.4 Å². The van der Waals surface area contributed by atoms with Gasteiger partial charge in [-0.3, -0.25) is 14.6 Å². The zero-order chi connectivity index (χ0) is 17.0. The van der Waals surface area contributed by atoms with Crippen molar-refractivity contribution in [2.75, 3.05) is 45.9 Å². The zero-order valence-electron chi connectivity index (χ0n) is 14.3. The van der Waals surface area contributed by atoms with Crippen LogP contribution in [0.1, 0.15) is 18.9 Å². The number of hydrogen-bond donors (Lipinski definition) is 1. The monoisotopic (exact) mass is 335 g/mol. The zero-order valence-corrected chi connectivity index (χ0v) is 14.3. The molecule has 1 atom stereocenters. The van der Waals surface area contributed by atoms with E-state index in [1.54, 1.807) is 13.0 Å². The summed E-state index contributed by atoms with van der Waals surface area (Å²) in [6.07, 6.45) is 0.945. The first kappa shape index (κ1) is 17.3. The minimum Gasteiger partial charge on any atom is -0.379 e. The van der Waals surface area contributed by atoms with Crippen LogP contribution in [-0.4, -0.2) is 67.2 Å². The number of carbonyl (C=O) groups excluding carboxylic acids is 1. The lowest BCUT2D eigenvalue weighted by Crippen LogP contribution is -2.61. The van der Waals surface area contributed by atoms with Crippen LogP contribution in [0.5, 0.6) is 0 Å². The molecule has 2 heterocycles. The minimum atomic E-state index is -0.133. The number of rotatable bonds is 5. The van der Waals surface area contributed by atoms with E-state index in [9.17, 15) is 9.18 Å². The highest BCUT2D eigenvalue weighted by Crippen LogP contribution is 2.27. The third kappa shape index (κ3) is 3.94. The number of piperazine rings is 1. The summed E-state index contributed by atoms with van der Waals surface area (Å²) >= 11 is 0. The van der Waals surface area contributed by atoms with E-state index in [2.05, 4.69) is 15.1 Å². The van der Waals surface area contributed by atoms with Crippen LogP contribution in [-0.2, 0) is 16.1 Å². The Labute approximate surface area is 142 Å². The molecular formula is C18H26FN3O2. The van der Waals surface area contributed by atoms with Crippen LogP contribution in [0.25, 0.3) is 0 Å². The van der Waals surface area contributed by atoms with Gasteiger partial charge in [0, 0.05) is 58.4 Å². The Hall–Kier alpha value is -1.50. The van der Waals surface area contributed by atoms with Crippen LogP contribution in [0.2, 0.25) is 0 Å². The minimum absolute atomic E-state index is 0.000497. The third-order valence-corrected chi connectivity index (χ3v) is 5.14. The summed E-state index contributed by atoms with van der Waals surface area (Å²) in [4.78, 5) is 16.0. The maximum Gasteiger partial charge on any atom is 0.216 e. The summed E-state index contributed by atoms with van der Waals surface area (Å²) in [5, 5.41) is 2.96. The molecule has 5 nitrogen and oxygen atoms in total. The first-order valence-corrected chi connectivity index (χ1v) is 8.62. The van der Waals surface area contributed by atoms with Gasteiger partial charge in [-0.2, -0.15) is 0 Å². The first-order valence-electron chi connectivity index (χ1n) is 8.62. The maximum absolute atomic E-state index is 13.8. The second-order valence-electron chi connectivity index (χ2n) is 6.79. The van der Waals surface area contributed by atoms with Gasteiger partial charge in [-0.05, 0) is 12.5 Å². The number of ether oxygens (including phenoxy) is 1. The van der Waals surface area contributed by atoms with Gasteiger partial charge in [-0.15, -0.1) is 0 Å². The van der Waals surface area contributed by atoms with E-state index in [0.29, 0.717) is 19.7 Å². The fraction of sp³-hybridized carbons (Fsp3) is 0.611. The van der Waals surface area contributed by atoms with Crippen LogP contribution < -0.4 is 5.32 Å². The van der Waals surface area contributed by atoms with Crippen molar-refractivity contribution in [3.8, 4) is 0 Å². The summed E-state index contributed by atoms with van der Waals surface area (Å²) in [6, 6.07) is 6.98. The van der Waals surface area contributed by atoms with Gasteiger partial charge >= 0.3 is 0 Å². The highest BCUT2D eigenvalue weighted by molar-refractivity contribution is 5.72. The molecule has 0 aliphatic carbocycles. The van der Waals surface area contributed by atoms with E-state index >= 15 is 0 Å². The second kappa shape index (κ2) is 7.59. The number of hydrogen-bond acceptors (Lipinski definition) is 4. The van der Waals surface area contributed by atoms with Gasteiger partial charge in [0.15, 0.2) is 0 Å². The number of halogens is 1. The summed E-state index contributed by atoms with van der Waals surface area (Å²) in [5.74, 6) is -0.134. The molecule has 6 heteroatoms. The topological polar surface area (TPSA) is 44.8 Å². The van der Waals surface area contributed by atoms with E-state index < -0.39 is 0 Å². The van der Waals surface area contributed by atoms with Crippen molar-refractivity contribution in [1.82, 2.24) is 15.1 Å². The lowest BCUT2D eigenvalue weighted by atomic mass is 9.94. The quantitative estimate of drug-likeness (QED) is 0.879. The molecule has 3 rings (SSSR count). The first-order chi connectivity index (χ1) is 11.6. The largest absolute Gasteiger partial charge is 0.379 e. The van der Waals surface area contributed by atoms with Gasteiger partial charge in [0.25, 0.3) is 0 Å². The molecule has 2 aliphatic heterocycles. The number of amides is 1. The van der Waals surface area contributed by atoms with Gasteiger partial charge < -0.3 is 10.1 Å². The van der Waals surface area contributed by atoms with E-state index in [1.807, 2.05) is 12.1 Å². The Kier molecular flexibility index (Phi) is 5.48. The number of carbonyl (C=O) groups is 1. The molecule has 0 bridgehead atoms. The Balaban J connectivity index is 1.57. The van der Waals surface area contributed by atoms with E-state index in [1.165, 1.54) is 6.07 Å². The molecule has 1 unspecified atom stereocenters. The molecular weight excluding hydrogens is 309 g/mol. The van der Waals surface area contributed by atoms with Gasteiger partial charge in [-0.25, -0.2) is 4.39 Å². The lowest BCUT2D eigenvalue weighted by Gasteiger charge is -2.45. The molecule has 1 amide bonds. The second-order valence-corrected chi connectivity index (χ2v) is 6.79. The molecule has 24 heavy (non-hydrogen) atoms. The number of nitrogens with zero attached hydrogens (tertiary/aromatic N) is 2. The number of nitrogens with one attached hydrogen (secondary N) is 1. The highest BCUT2D eigenvalue weighted by Gasteiger charge is 2.41. The van der Waals surface area contributed by atoms with Crippen molar-refractivity contribution >= 4 is 5.91 Å². The summed E-state index contributed by atoms with van der Waals surface area (Å²) in [6.45, 7) is 7.87. The van der Waals surface area contributed by atoms with Crippen LogP contribution in [0, 0.1) is 5.82 Å². The third-order valence-electron chi connectivity index (χ3n) is 5.14. The highest BCUT2D eigenvalue weighted by atomic mass is 19.1. The van der Waals surface area contributed by atoms with Crippen molar-refractivity contribution in [1.29, 1.82) is 0 Å². The van der Waals surface area contributed by atoms with Crippen LogP contribution in [0.3, 0.4) is 0 Å². The summed E-state index contributed by atoms with van der Waals surface area (Å²) in [7, 11) is 0. The smallest absolute Gasteiger partial charge is 0.216 e. The molecule has 132 valence electrons. The molecule has 2 aliphatic rings. The Morgan fingerprint density at radius 2 is 2.04 bits per heavy atom. The van der Waals surface area contributed by atoms with Crippen LogP contribution >= 0.6 is 0 Å². The van der Waals surface area contributed by atoms with Crippen molar-refractivity contribution < 1.29 is 13.9 Å². The normalized spacial score (nSPS) is 25.8. The number of benzene rings is 1. The Bertz CT molecular complexity index is 567. The average Bonchev–Trinajstić information content (AvgIpc) is 3.06. The average molecular weight is 335 g/mol. The SMILES string of the molecule is CC(=O)NCC1(N2CCN(Cc3ccccc3F)CC2)CCOC1. The lowest BCUT2D eigenvalue weighted by molar-refractivity contribution is -0.119. The molecule has 1 aromatic carbocycles. The fourth-order valence-electron chi connectivity index (χ4n) is 3.63. The molecule has 2 saturated heterocycles. The molecule has 0 saturated carbocycles. The van der Waals surface area contributed by atoms with Gasteiger partial charge in [0.1, 0.15) is 5.82 Å². The fourth-order valence-corrected chi connectivity index (χ4v) is 3.63. The summed E-state index contributed by atoms with van der Waals surface area (Å²) < 4.78 is 19.4. The van der Waals surface area contributed by atoms with Crippen LogP contribution in [0.4, 0.5) is 4.39 Å². The molecule has 0 aromatic heterocycles. The van der Waals surface area contributed by atoms with Crippen molar-refractivity contribution in [3.05, 3.63) is 35.6 Å². The van der Waals surface area contributed by atoms with Crippen LogP contribution in [0.15, 0.2) is 24.3 Å². The summed E-state index contributed by atoms with van der Waals surface area (Å²) in [5.41, 5.74) is 0.665. The molecule has 0 radical (unpaired) electrons. The van der Waals surface area contributed by atoms with E-state index in [-0.39, 0.29) is 17.3 Å². The maximum atomic E-state index is 13.8. The van der Waals surface area contributed by atoms with E-state index in [0.717, 1.165) is 44.8 Å². The van der Waals surface area contributed by atoms with Gasteiger partial charge in [0.05, 0.1) is 12.1 Å². The van der Waals surface area contributed by atoms with Crippen molar-refractivity contribution in [2.24, 2.45) is 0 Å². The Morgan fingerprint density at radius 3 is 2.67 bits per heavy atom. The molecule has 1 N–H and O–H groups in total. The molecule has 1 aromatic rings. The predicted octanol–water partition coefficient (Wildman–Crippen LogP) is 1.24.